The van der Waals surface area contributed by atoms with Gasteiger partial charge in [-0.25, -0.2) is 36.9 Å². The lowest BCUT2D eigenvalue weighted by Gasteiger charge is -2.11. The van der Waals surface area contributed by atoms with Crippen LogP contribution in [0.1, 0.15) is 22.3 Å². The van der Waals surface area contributed by atoms with Gasteiger partial charge in [-0.05, 0) is 194 Å². The zero-order valence-electron chi connectivity index (χ0n) is 59.4. The van der Waals surface area contributed by atoms with E-state index >= 15 is 0 Å². The van der Waals surface area contributed by atoms with Crippen molar-refractivity contribution in [1.29, 1.82) is 21.0 Å². The van der Waals surface area contributed by atoms with Crippen LogP contribution in [-0.4, -0.2) is 13.7 Å². The molecule has 0 aliphatic rings. The van der Waals surface area contributed by atoms with Crippen LogP contribution in [0, 0.1) is 94.9 Å². The SMILES string of the molecule is [C-]#[N+]c1cc(-c2ccc3c4cc(-c5ccccc5)ccc4n(-c4ccccc4)c3c2)cc(C#N)c1F.[C-]#[N+]c1cc(-c2ccc3c4ccc(-c5cc(C#N)c(F)c([N+]#[C-])c5)cc4n(-c4ccccc4)c3c2)cc(C#N)c1F.[C-]#[N+]c1cc(-c2ccc3c4ccc(-c5ccccc5)cc4n(-c4ccccc4)c3c2)cc(C#N)c1F. The molecule has 11 nitrogen and oxygen atoms in total. The molecular weight excluding hydrogens is 1410 g/mol. The van der Waals surface area contributed by atoms with Gasteiger partial charge in [0.25, 0.3) is 0 Å². The van der Waals surface area contributed by atoms with E-state index in [9.17, 15) is 38.6 Å². The lowest BCUT2D eigenvalue weighted by Crippen LogP contribution is -1.94. The minimum absolute atomic E-state index is 0.130. The lowest BCUT2D eigenvalue weighted by molar-refractivity contribution is 0.629. The lowest BCUT2D eigenvalue weighted by atomic mass is 9.99. The van der Waals surface area contributed by atoms with Gasteiger partial charge < -0.3 is 13.7 Å². The van der Waals surface area contributed by atoms with Gasteiger partial charge in [-0.3, -0.25) is 0 Å². The third-order valence-electron chi connectivity index (χ3n) is 20.1. The molecule has 0 fully saturated rings. The van der Waals surface area contributed by atoms with Crippen LogP contribution in [0.4, 0.5) is 40.3 Å². The molecule has 15 aromatic carbocycles. The maximum Gasteiger partial charge on any atom is 0.224 e. The number of rotatable bonds is 9. The van der Waals surface area contributed by atoms with Gasteiger partial charge in [-0.1, -0.05) is 182 Å². The number of nitrogens with zero attached hydrogens (tertiary/aromatic N) is 11. The number of fused-ring (bicyclic) bond motifs is 9. The summed E-state index contributed by atoms with van der Waals surface area (Å²) in [6.07, 6.45) is 0. The Morgan fingerprint density at radius 2 is 0.434 bits per heavy atom. The Morgan fingerprint density at radius 3 is 0.690 bits per heavy atom. The third kappa shape index (κ3) is 12.9. The quantitative estimate of drug-likeness (QED) is 0.105. The van der Waals surface area contributed by atoms with Crippen molar-refractivity contribution in [1.82, 2.24) is 13.7 Å². The first kappa shape index (κ1) is 70.6. The Labute approximate surface area is 645 Å². The average Bonchev–Trinajstić information content (AvgIpc) is 1.60. The number of aromatic nitrogens is 3. The highest BCUT2D eigenvalue weighted by Crippen LogP contribution is 2.44. The van der Waals surface area contributed by atoms with E-state index < -0.39 is 23.3 Å². The number of hydrogen-bond acceptors (Lipinski definition) is 4. The van der Waals surface area contributed by atoms with Crippen LogP contribution >= 0.6 is 0 Å². The first-order valence-corrected chi connectivity index (χ1v) is 35.3. The summed E-state index contributed by atoms with van der Waals surface area (Å²) in [5, 5.41) is 43.9. The maximum atomic E-state index is 14.4. The smallest absolute Gasteiger partial charge is 0.224 e. The van der Waals surface area contributed by atoms with Crippen molar-refractivity contribution in [2.45, 2.75) is 0 Å². The van der Waals surface area contributed by atoms with Gasteiger partial charge in [-0.15, -0.1) is 0 Å². The van der Waals surface area contributed by atoms with Gasteiger partial charge in [0, 0.05) is 49.4 Å². The molecule has 3 aromatic heterocycles. The molecule has 0 atom stereocenters. The Hall–Kier alpha value is -16.7. The van der Waals surface area contributed by atoms with Gasteiger partial charge in [-0.2, -0.15) is 21.0 Å². The second-order valence-corrected chi connectivity index (χ2v) is 26.5. The summed E-state index contributed by atoms with van der Waals surface area (Å²) >= 11 is 0. The maximum absolute atomic E-state index is 14.4. The highest BCUT2D eigenvalue weighted by Gasteiger charge is 2.23. The summed E-state index contributed by atoms with van der Waals surface area (Å²) in [4.78, 5) is 13.1. The molecule has 18 aromatic rings. The molecule has 0 bridgehead atoms. The highest BCUT2D eigenvalue weighted by molar-refractivity contribution is 6.14. The van der Waals surface area contributed by atoms with E-state index in [0.29, 0.717) is 33.4 Å². The van der Waals surface area contributed by atoms with Crippen molar-refractivity contribution in [3.8, 4) is 108 Å². The number of para-hydroxylation sites is 3. The van der Waals surface area contributed by atoms with E-state index in [0.717, 1.165) is 116 Å². The van der Waals surface area contributed by atoms with E-state index in [2.05, 4.69) is 130 Å². The Bertz CT molecular complexity index is 6950. The van der Waals surface area contributed by atoms with Crippen LogP contribution in [0.2, 0.25) is 0 Å². The van der Waals surface area contributed by atoms with Gasteiger partial charge in [0.15, 0.2) is 0 Å². The van der Waals surface area contributed by atoms with Gasteiger partial charge in [0.2, 0.25) is 22.7 Å². The second-order valence-electron chi connectivity index (χ2n) is 26.5. The fourth-order valence-electron chi connectivity index (χ4n) is 14.7. The molecular formula is C98H51F4N11. The minimum Gasteiger partial charge on any atom is -0.309 e. The Balaban J connectivity index is 0.000000128. The molecule has 0 saturated heterocycles. The highest BCUT2D eigenvalue weighted by atomic mass is 19.1. The fraction of sp³-hybridized carbons (Fsp3) is 0. The molecule has 0 spiro atoms. The summed E-state index contributed by atoms with van der Waals surface area (Å²) in [5.74, 6) is -3.21. The second kappa shape index (κ2) is 29.9. The van der Waals surface area contributed by atoms with Crippen molar-refractivity contribution in [2.24, 2.45) is 0 Å². The molecule has 0 aliphatic heterocycles. The van der Waals surface area contributed by atoms with Crippen molar-refractivity contribution in [3.05, 3.63) is 401 Å². The van der Waals surface area contributed by atoms with Crippen LogP contribution in [0.5, 0.6) is 0 Å². The normalized spacial score (nSPS) is 10.8. The van der Waals surface area contributed by atoms with Crippen LogP contribution in [0.3, 0.4) is 0 Å². The van der Waals surface area contributed by atoms with E-state index in [1.807, 2.05) is 188 Å². The molecule has 0 aliphatic carbocycles. The molecule has 526 valence electrons. The fourth-order valence-corrected chi connectivity index (χ4v) is 14.7. The molecule has 15 heteroatoms. The first-order valence-electron chi connectivity index (χ1n) is 35.3. The molecule has 0 unspecified atom stereocenters. The number of hydrogen-bond donors (Lipinski definition) is 0. The summed E-state index contributed by atoms with van der Waals surface area (Å²) in [5.41, 5.74) is 17.3. The zero-order valence-corrected chi connectivity index (χ0v) is 59.4. The topological polar surface area (TPSA) is 127 Å². The molecule has 0 saturated carbocycles. The van der Waals surface area contributed by atoms with E-state index in [1.165, 1.54) is 48.5 Å². The molecule has 18 rings (SSSR count). The molecule has 0 radical (unpaired) electrons. The summed E-state index contributed by atoms with van der Waals surface area (Å²) in [7, 11) is 0. The molecule has 113 heavy (non-hydrogen) atoms. The standard InChI is InChI=1S/C34H15F2N5.2C32H18FN3/c1-39-29-14-22(12-24(18-37)33(29)35)20-8-10-27-28-11-9-21(23-13-25(19-38)34(36)30(15-23)40-2)17-32(28)41(31(27)16-20)26-6-4-3-5-7-26;1-35-29-18-24(16-25(20-34)32(29)33)23-12-14-27-28-17-22(21-8-4-2-5-9-21)13-15-30(28)36(31(27)19-23)26-10-6-3-7-11-26;1-35-29-17-24(16-25(20-34)32(29)33)23-13-15-28-27-14-12-22(21-8-4-2-5-9-21)18-30(27)36(31(28)19-23)26-10-6-3-7-11-26/h3-17H;2*2-19H. The van der Waals surface area contributed by atoms with Crippen LogP contribution < -0.4 is 0 Å². The van der Waals surface area contributed by atoms with E-state index in [-0.39, 0.29) is 45.0 Å². The zero-order chi connectivity index (χ0) is 78.0. The van der Waals surface area contributed by atoms with Crippen molar-refractivity contribution < 1.29 is 17.6 Å². The number of halogens is 4. The van der Waals surface area contributed by atoms with Crippen molar-refractivity contribution >= 4 is 88.2 Å². The van der Waals surface area contributed by atoms with E-state index in [1.54, 1.807) is 0 Å². The predicted octanol–water partition coefficient (Wildman–Crippen LogP) is 26.6. The average molecular weight is 1460 g/mol. The van der Waals surface area contributed by atoms with E-state index in [4.69, 9.17) is 26.3 Å². The Morgan fingerprint density at radius 1 is 0.212 bits per heavy atom. The van der Waals surface area contributed by atoms with Crippen LogP contribution in [-0.2, 0) is 0 Å². The predicted molar refractivity (Wildman–Crippen MR) is 439 cm³/mol. The molecule has 0 N–H and O–H groups in total. The first-order chi connectivity index (χ1) is 55.3. The molecule has 3 heterocycles. The molecule has 0 amide bonds. The van der Waals surface area contributed by atoms with Crippen molar-refractivity contribution in [3.63, 3.8) is 0 Å². The number of benzene rings is 15. The van der Waals surface area contributed by atoms with Gasteiger partial charge >= 0.3 is 0 Å². The van der Waals surface area contributed by atoms with Crippen LogP contribution in [0.25, 0.3) is 169 Å². The van der Waals surface area contributed by atoms with Gasteiger partial charge in [0.05, 0.1) is 81.6 Å². The van der Waals surface area contributed by atoms with Crippen LogP contribution in [0.15, 0.2) is 309 Å². The Kier molecular flexibility index (Phi) is 18.7. The summed E-state index contributed by atoms with van der Waals surface area (Å²) in [6.45, 7) is 29.3. The monoisotopic (exact) mass is 1460 g/mol. The minimum atomic E-state index is -0.833. The number of nitriles is 4. The summed E-state index contributed by atoms with van der Waals surface area (Å²) in [6, 6.07) is 106. The van der Waals surface area contributed by atoms with Gasteiger partial charge in [0.1, 0.15) is 47.5 Å². The van der Waals surface area contributed by atoms with Crippen molar-refractivity contribution in [2.75, 3.05) is 0 Å². The largest absolute Gasteiger partial charge is 0.309 e. The summed E-state index contributed by atoms with van der Waals surface area (Å²) < 4.78 is 64.2. The third-order valence-corrected chi connectivity index (χ3v) is 20.1.